The maximum absolute atomic E-state index is 2.46. The van der Waals surface area contributed by atoms with Gasteiger partial charge in [0.2, 0.25) is 0 Å². The zero-order valence-electron chi connectivity index (χ0n) is 34.2. The van der Waals surface area contributed by atoms with Gasteiger partial charge in [-0.05, 0) is 127 Å². The van der Waals surface area contributed by atoms with Crippen molar-refractivity contribution in [2.45, 2.75) is 32.1 Å². The molecule has 0 radical (unpaired) electrons. The molecule has 0 aromatic heterocycles. The molecule has 0 N–H and O–H groups in total. The first-order valence-electron chi connectivity index (χ1n) is 21.3. The molecule has 9 aromatic rings. The number of hydrogen-bond donors (Lipinski definition) is 0. The fraction of sp³-hybridized carbons (Fsp3) is 0.0847. The van der Waals surface area contributed by atoms with E-state index >= 15 is 0 Å². The average molecular weight is 770 g/mol. The highest BCUT2D eigenvalue weighted by Crippen LogP contribution is 2.54. The highest BCUT2D eigenvalue weighted by Gasteiger charge is 2.41. The number of rotatable bonds is 10. The number of anilines is 3. The van der Waals surface area contributed by atoms with E-state index in [1.807, 2.05) is 0 Å². The minimum atomic E-state index is -0.0703. The van der Waals surface area contributed by atoms with Crippen molar-refractivity contribution in [3.05, 3.63) is 235 Å². The van der Waals surface area contributed by atoms with Crippen molar-refractivity contribution in [3.8, 4) is 44.5 Å². The lowest BCUT2D eigenvalue weighted by Crippen LogP contribution is -2.23. The standard InChI is InChI=1S/C59H47N/c1-3-59(4-2)56-40-43(34-38-53(56)54-39-37-49(41-57(54)59)60(47-22-10-6-11-23-47)48-24-12-7-13-25-48)31-30-42-32-35-46(36-33-42)58-51(45-18-8-5-9-19-45)27-17-29-55(58)52-28-16-21-44-20-14-15-26-50(44)52/h5-41H,3-4H2,1-2H3/b31-30+. The Morgan fingerprint density at radius 2 is 0.917 bits per heavy atom. The van der Waals surface area contributed by atoms with Crippen LogP contribution < -0.4 is 4.90 Å². The van der Waals surface area contributed by atoms with Crippen LogP contribution in [0.15, 0.2) is 212 Å². The van der Waals surface area contributed by atoms with Crippen molar-refractivity contribution in [1.29, 1.82) is 0 Å². The van der Waals surface area contributed by atoms with Gasteiger partial charge in [0.25, 0.3) is 0 Å². The molecule has 0 spiro atoms. The van der Waals surface area contributed by atoms with Gasteiger partial charge >= 0.3 is 0 Å². The summed E-state index contributed by atoms with van der Waals surface area (Å²) >= 11 is 0. The van der Waals surface area contributed by atoms with Gasteiger partial charge in [0.15, 0.2) is 0 Å². The summed E-state index contributed by atoms with van der Waals surface area (Å²) in [5, 5.41) is 2.51. The smallest absolute Gasteiger partial charge is 0.0465 e. The lowest BCUT2D eigenvalue weighted by Gasteiger charge is -2.32. The van der Waals surface area contributed by atoms with Crippen LogP contribution in [-0.2, 0) is 5.41 Å². The molecule has 0 saturated heterocycles. The van der Waals surface area contributed by atoms with Gasteiger partial charge in [-0.3, -0.25) is 0 Å². The summed E-state index contributed by atoms with van der Waals surface area (Å²) in [6, 6.07) is 77.6. The molecule has 1 nitrogen and oxygen atoms in total. The third kappa shape index (κ3) is 6.53. The Balaban J connectivity index is 0.992. The summed E-state index contributed by atoms with van der Waals surface area (Å²) < 4.78 is 0. The zero-order chi connectivity index (χ0) is 40.5. The Kier molecular flexibility index (Phi) is 9.79. The molecule has 0 heterocycles. The Morgan fingerprint density at radius 1 is 0.383 bits per heavy atom. The van der Waals surface area contributed by atoms with Crippen molar-refractivity contribution >= 4 is 40.0 Å². The predicted octanol–water partition coefficient (Wildman–Crippen LogP) is 16.6. The first-order chi connectivity index (χ1) is 29.6. The molecule has 1 heteroatoms. The number of nitrogens with zero attached hydrogens (tertiary/aromatic N) is 1. The molecule has 60 heavy (non-hydrogen) atoms. The van der Waals surface area contributed by atoms with Crippen LogP contribution >= 0.6 is 0 Å². The van der Waals surface area contributed by atoms with Crippen LogP contribution in [0.3, 0.4) is 0 Å². The van der Waals surface area contributed by atoms with Crippen molar-refractivity contribution in [2.75, 3.05) is 4.90 Å². The summed E-state index contributed by atoms with van der Waals surface area (Å²) in [5.74, 6) is 0. The summed E-state index contributed by atoms with van der Waals surface area (Å²) in [4.78, 5) is 2.38. The lowest BCUT2D eigenvalue weighted by molar-refractivity contribution is 0.490. The van der Waals surface area contributed by atoms with Gasteiger partial charge in [-0.2, -0.15) is 0 Å². The van der Waals surface area contributed by atoms with E-state index < -0.39 is 0 Å². The summed E-state index contributed by atoms with van der Waals surface area (Å²) in [6.45, 7) is 4.71. The number of para-hydroxylation sites is 2. The van der Waals surface area contributed by atoms with Gasteiger partial charge in [0.05, 0.1) is 0 Å². The summed E-state index contributed by atoms with van der Waals surface area (Å²) in [7, 11) is 0. The third-order valence-corrected chi connectivity index (χ3v) is 12.8. The van der Waals surface area contributed by atoms with Crippen LogP contribution in [0, 0.1) is 0 Å². The number of benzene rings is 9. The van der Waals surface area contributed by atoms with Gasteiger partial charge in [0, 0.05) is 22.5 Å². The highest BCUT2D eigenvalue weighted by atomic mass is 15.1. The Hall–Kier alpha value is -7.22. The summed E-state index contributed by atoms with van der Waals surface area (Å²) in [5.41, 5.74) is 18.8. The monoisotopic (exact) mass is 769 g/mol. The minimum absolute atomic E-state index is 0.0703. The molecule has 0 unspecified atom stereocenters. The summed E-state index contributed by atoms with van der Waals surface area (Å²) in [6.07, 6.45) is 6.61. The van der Waals surface area contributed by atoms with Crippen molar-refractivity contribution in [2.24, 2.45) is 0 Å². The van der Waals surface area contributed by atoms with Crippen molar-refractivity contribution in [1.82, 2.24) is 0 Å². The van der Waals surface area contributed by atoms with Crippen molar-refractivity contribution in [3.63, 3.8) is 0 Å². The van der Waals surface area contributed by atoms with Crippen LogP contribution in [0.4, 0.5) is 17.1 Å². The first-order valence-corrected chi connectivity index (χ1v) is 21.3. The van der Waals surface area contributed by atoms with E-state index in [0.29, 0.717) is 0 Å². The molecule has 0 bridgehead atoms. The average Bonchev–Trinajstić information content (AvgIpc) is 3.60. The molecular weight excluding hydrogens is 723 g/mol. The molecule has 9 aromatic carbocycles. The lowest BCUT2D eigenvalue weighted by atomic mass is 9.73. The fourth-order valence-corrected chi connectivity index (χ4v) is 9.72. The second kappa shape index (κ2) is 15.9. The van der Waals surface area contributed by atoms with E-state index in [-0.39, 0.29) is 5.41 Å². The second-order valence-electron chi connectivity index (χ2n) is 15.9. The quantitative estimate of drug-likeness (QED) is 0.125. The number of fused-ring (bicyclic) bond motifs is 4. The van der Waals surface area contributed by atoms with Crippen LogP contribution in [-0.4, -0.2) is 0 Å². The van der Waals surface area contributed by atoms with E-state index in [9.17, 15) is 0 Å². The Morgan fingerprint density at radius 3 is 1.62 bits per heavy atom. The zero-order valence-corrected chi connectivity index (χ0v) is 34.2. The van der Waals surface area contributed by atoms with Crippen LogP contribution in [0.25, 0.3) is 67.4 Å². The van der Waals surface area contributed by atoms with E-state index in [1.165, 1.54) is 83.2 Å². The Labute approximate surface area is 354 Å². The first kappa shape index (κ1) is 37.1. The predicted molar refractivity (Wildman–Crippen MR) is 257 cm³/mol. The topological polar surface area (TPSA) is 3.24 Å². The maximum Gasteiger partial charge on any atom is 0.0465 e. The van der Waals surface area contributed by atoms with Gasteiger partial charge in [-0.15, -0.1) is 0 Å². The molecule has 0 saturated carbocycles. The van der Waals surface area contributed by atoms with E-state index in [2.05, 4.69) is 243 Å². The fourth-order valence-electron chi connectivity index (χ4n) is 9.72. The highest BCUT2D eigenvalue weighted by molar-refractivity contribution is 6.03. The largest absolute Gasteiger partial charge is 0.310 e. The molecule has 0 atom stereocenters. The molecule has 0 amide bonds. The van der Waals surface area contributed by atoms with Gasteiger partial charge < -0.3 is 4.90 Å². The van der Waals surface area contributed by atoms with Gasteiger partial charge in [0.1, 0.15) is 0 Å². The molecular formula is C59H47N. The van der Waals surface area contributed by atoms with E-state index in [4.69, 9.17) is 0 Å². The molecule has 0 aliphatic heterocycles. The third-order valence-electron chi connectivity index (χ3n) is 12.8. The second-order valence-corrected chi connectivity index (χ2v) is 15.9. The SMILES string of the molecule is CCC1(CC)c2cc(/C=C/c3ccc(-c4c(-c5ccccc5)cccc4-c4cccc5ccccc45)cc3)ccc2-c2ccc(N(c3ccccc3)c3ccccc3)cc21. The van der Waals surface area contributed by atoms with E-state index in [1.54, 1.807) is 0 Å². The molecule has 288 valence electrons. The van der Waals surface area contributed by atoms with Crippen LogP contribution in [0.1, 0.15) is 48.9 Å². The van der Waals surface area contributed by atoms with Crippen LogP contribution in [0.5, 0.6) is 0 Å². The number of hydrogen-bond acceptors (Lipinski definition) is 1. The van der Waals surface area contributed by atoms with Gasteiger partial charge in [-0.1, -0.05) is 202 Å². The van der Waals surface area contributed by atoms with Gasteiger partial charge in [-0.25, -0.2) is 0 Å². The molecule has 10 rings (SSSR count). The Bertz CT molecular complexity index is 2930. The molecule has 0 fully saturated rings. The van der Waals surface area contributed by atoms with Crippen LogP contribution in [0.2, 0.25) is 0 Å². The molecule has 1 aliphatic carbocycles. The minimum Gasteiger partial charge on any atom is -0.310 e. The molecule has 1 aliphatic rings. The maximum atomic E-state index is 2.46. The normalized spacial score (nSPS) is 12.7. The van der Waals surface area contributed by atoms with E-state index in [0.717, 1.165) is 24.2 Å². The van der Waals surface area contributed by atoms with Crippen molar-refractivity contribution < 1.29 is 0 Å².